The molecule has 3 amide bonds. The van der Waals surface area contributed by atoms with Crippen LogP contribution < -0.4 is 19.5 Å². The number of carbonyl (C=O) groups excluding carboxylic acids is 3. The Labute approximate surface area is 255 Å². The quantitative estimate of drug-likeness (QED) is 0.181. The molecule has 0 unspecified atom stereocenters. The van der Waals surface area contributed by atoms with Gasteiger partial charge in [-0.2, -0.15) is 0 Å². The summed E-state index contributed by atoms with van der Waals surface area (Å²) in [4.78, 5) is 39.5. The lowest BCUT2D eigenvalue weighted by Crippen LogP contribution is -2.36. The van der Waals surface area contributed by atoms with Crippen LogP contribution in [-0.2, 0) is 16.2 Å². The molecule has 0 radical (unpaired) electrons. The third-order valence-electron chi connectivity index (χ3n) is 6.44. The molecule has 8 nitrogen and oxygen atoms in total. The minimum atomic E-state index is -0.550. The van der Waals surface area contributed by atoms with E-state index in [1.165, 1.54) is 7.11 Å². The largest absolute Gasteiger partial charge is 0.495 e. The summed E-state index contributed by atoms with van der Waals surface area (Å²) in [5, 5.41) is 4.40. The topological polar surface area (TPSA) is 94.2 Å². The van der Waals surface area contributed by atoms with Crippen molar-refractivity contribution in [3.63, 3.8) is 0 Å². The second-order valence-electron chi connectivity index (χ2n) is 9.21. The maximum Gasteiger partial charge on any atom is 0.294 e. The number of halogens is 1. The van der Waals surface area contributed by atoms with Gasteiger partial charge in [0.05, 0.1) is 28.8 Å². The second-order valence-corrected chi connectivity index (χ2v) is 11.1. The molecule has 10 heteroatoms. The van der Waals surface area contributed by atoms with Gasteiger partial charge in [-0.25, -0.2) is 0 Å². The van der Waals surface area contributed by atoms with E-state index >= 15 is 0 Å². The second kappa shape index (κ2) is 13.1. The van der Waals surface area contributed by atoms with Crippen LogP contribution >= 0.6 is 27.7 Å². The summed E-state index contributed by atoms with van der Waals surface area (Å²) in [6.07, 6.45) is 1.60. The first-order chi connectivity index (χ1) is 20.4. The normalized spacial score (nSPS) is 14.0. The molecular weight excluding hydrogens is 620 g/mol. The summed E-state index contributed by atoms with van der Waals surface area (Å²) in [6.45, 7) is 2.18. The molecule has 5 rings (SSSR count). The van der Waals surface area contributed by atoms with Crippen LogP contribution in [0.1, 0.15) is 18.1 Å². The minimum absolute atomic E-state index is 0.198. The van der Waals surface area contributed by atoms with Gasteiger partial charge in [0, 0.05) is 0 Å². The van der Waals surface area contributed by atoms with Crippen molar-refractivity contribution < 1.29 is 28.6 Å². The molecule has 0 aromatic heterocycles. The first-order valence-corrected chi connectivity index (χ1v) is 14.7. The zero-order chi connectivity index (χ0) is 29.6. The summed E-state index contributed by atoms with van der Waals surface area (Å²) in [5.74, 6) is 0.430. The molecule has 0 saturated carbocycles. The fourth-order valence-corrected chi connectivity index (χ4v) is 5.92. The van der Waals surface area contributed by atoms with E-state index in [9.17, 15) is 14.4 Å². The molecule has 214 valence electrons. The first-order valence-electron chi connectivity index (χ1n) is 13.1. The number of fused-ring (bicyclic) bond motifs is 1. The summed E-state index contributed by atoms with van der Waals surface area (Å²) in [6, 6.07) is 24.6. The SMILES string of the molecule is CCOc1cc(/C=C2/SC(=O)N(CC(=O)Nc3ccccc3OC)C2=O)cc(Br)c1OCc1cccc2ccccc12. The van der Waals surface area contributed by atoms with Gasteiger partial charge in [0.15, 0.2) is 11.5 Å². The Morgan fingerprint density at radius 2 is 1.74 bits per heavy atom. The van der Waals surface area contributed by atoms with Gasteiger partial charge in [-0.05, 0) is 86.9 Å². The first kappa shape index (κ1) is 29.2. The Balaban J connectivity index is 1.32. The van der Waals surface area contributed by atoms with E-state index in [1.54, 1.807) is 42.5 Å². The number of imide groups is 1. The van der Waals surface area contributed by atoms with E-state index in [4.69, 9.17) is 14.2 Å². The third kappa shape index (κ3) is 6.45. The highest BCUT2D eigenvalue weighted by Gasteiger charge is 2.36. The summed E-state index contributed by atoms with van der Waals surface area (Å²) < 4.78 is 18.0. The molecule has 1 N–H and O–H groups in total. The molecule has 1 aliphatic heterocycles. The smallest absolute Gasteiger partial charge is 0.294 e. The van der Waals surface area contributed by atoms with Gasteiger partial charge >= 0.3 is 0 Å². The zero-order valence-electron chi connectivity index (χ0n) is 22.9. The number of hydrogen-bond acceptors (Lipinski definition) is 7. The number of rotatable bonds is 10. The fourth-order valence-electron chi connectivity index (χ4n) is 4.51. The molecule has 0 spiro atoms. The molecule has 0 atom stereocenters. The molecule has 0 aliphatic carbocycles. The monoisotopic (exact) mass is 646 g/mol. The Bertz CT molecular complexity index is 1700. The van der Waals surface area contributed by atoms with Crippen LogP contribution in [0.25, 0.3) is 16.8 Å². The van der Waals surface area contributed by atoms with Crippen LogP contribution in [0.3, 0.4) is 0 Å². The van der Waals surface area contributed by atoms with E-state index in [1.807, 2.05) is 31.2 Å². The number of amides is 3. The van der Waals surface area contributed by atoms with Crippen molar-refractivity contribution in [3.05, 3.63) is 99.4 Å². The van der Waals surface area contributed by atoms with Crippen molar-refractivity contribution >= 4 is 67.3 Å². The number of hydrogen-bond donors (Lipinski definition) is 1. The summed E-state index contributed by atoms with van der Waals surface area (Å²) in [7, 11) is 1.49. The van der Waals surface area contributed by atoms with E-state index in [0.717, 1.165) is 33.0 Å². The van der Waals surface area contributed by atoms with E-state index < -0.39 is 23.6 Å². The van der Waals surface area contributed by atoms with Gasteiger partial charge in [-0.3, -0.25) is 19.3 Å². The summed E-state index contributed by atoms with van der Waals surface area (Å²) in [5.41, 5.74) is 2.12. The number of para-hydroxylation sites is 2. The Kier molecular flexibility index (Phi) is 9.14. The van der Waals surface area contributed by atoms with Gasteiger partial charge in [-0.1, -0.05) is 54.6 Å². The zero-order valence-corrected chi connectivity index (χ0v) is 25.3. The van der Waals surface area contributed by atoms with Gasteiger partial charge in [0.1, 0.15) is 18.9 Å². The van der Waals surface area contributed by atoms with Gasteiger partial charge < -0.3 is 19.5 Å². The summed E-state index contributed by atoms with van der Waals surface area (Å²) >= 11 is 4.37. The average Bonchev–Trinajstić information content (AvgIpc) is 3.24. The fraction of sp³-hybridized carbons (Fsp3) is 0.156. The lowest BCUT2D eigenvalue weighted by Gasteiger charge is -2.16. The van der Waals surface area contributed by atoms with Gasteiger partial charge in [-0.15, -0.1) is 0 Å². The number of thioether (sulfide) groups is 1. The number of methoxy groups -OCH3 is 1. The van der Waals surface area contributed by atoms with Crippen molar-refractivity contribution in [1.29, 1.82) is 0 Å². The number of benzene rings is 4. The van der Waals surface area contributed by atoms with Crippen LogP contribution in [0.2, 0.25) is 0 Å². The molecule has 4 aromatic carbocycles. The highest BCUT2D eigenvalue weighted by molar-refractivity contribution is 9.10. The van der Waals surface area contributed by atoms with E-state index in [0.29, 0.717) is 46.2 Å². The van der Waals surface area contributed by atoms with Crippen molar-refractivity contribution in [3.8, 4) is 17.2 Å². The van der Waals surface area contributed by atoms with Gasteiger partial charge in [0.25, 0.3) is 11.1 Å². The lowest BCUT2D eigenvalue weighted by molar-refractivity contribution is -0.127. The Hall–Kier alpha value is -4.28. The van der Waals surface area contributed by atoms with Crippen LogP contribution in [0.5, 0.6) is 17.2 Å². The number of carbonyl (C=O) groups is 3. The third-order valence-corrected chi connectivity index (χ3v) is 7.93. The molecule has 1 aliphatic rings. The number of anilines is 1. The minimum Gasteiger partial charge on any atom is -0.495 e. The van der Waals surface area contributed by atoms with Crippen LogP contribution in [0, 0.1) is 0 Å². The Morgan fingerprint density at radius 1 is 0.976 bits per heavy atom. The van der Waals surface area contributed by atoms with Crippen molar-refractivity contribution in [1.82, 2.24) is 4.90 Å². The van der Waals surface area contributed by atoms with Crippen LogP contribution in [-0.4, -0.2) is 42.2 Å². The average molecular weight is 648 g/mol. The van der Waals surface area contributed by atoms with Crippen LogP contribution in [0.4, 0.5) is 10.5 Å². The molecule has 1 heterocycles. The lowest BCUT2D eigenvalue weighted by atomic mass is 10.1. The Morgan fingerprint density at radius 3 is 2.55 bits per heavy atom. The number of ether oxygens (including phenoxy) is 3. The van der Waals surface area contributed by atoms with Crippen molar-refractivity contribution in [2.75, 3.05) is 25.6 Å². The predicted molar refractivity (Wildman–Crippen MR) is 168 cm³/mol. The number of nitrogens with one attached hydrogen (secondary N) is 1. The van der Waals surface area contributed by atoms with Crippen molar-refractivity contribution in [2.24, 2.45) is 0 Å². The molecule has 1 saturated heterocycles. The molecule has 1 fully saturated rings. The predicted octanol–water partition coefficient (Wildman–Crippen LogP) is 7.26. The maximum atomic E-state index is 13.1. The van der Waals surface area contributed by atoms with E-state index in [2.05, 4.69) is 39.4 Å². The highest BCUT2D eigenvalue weighted by atomic mass is 79.9. The number of nitrogens with zero attached hydrogens (tertiary/aromatic N) is 1. The van der Waals surface area contributed by atoms with Gasteiger partial charge in [0.2, 0.25) is 5.91 Å². The maximum absolute atomic E-state index is 13.1. The molecular formula is C32H27BrN2O6S. The van der Waals surface area contributed by atoms with E-state index in [-0.39, 0.29) is 4.91 Å². The molecule has 4 aromatic rings. The standard InChI is InChI=1S/C32H27BrN2O6S/c1-3-40-27-16-20(15-24(33)30(27)41-19-22-11-8-10-21-9-4-5-12-23(21)22)17-28-31(37)35(32(38)42-28)18-29(36)34-25-13-6-7-14-26(25)39-2/h4-17H,3,18-19H2,1-2H3,(H,34,36)/b28-17+. The van der Waals surface area contributed by atoms with Crippen LogP contribution in [0.15, 0.2) is 88.2 Å². The molecule has 42 heavy (non-hydrogen) atoms. The molecule has 0 bridgehead atoms. The highest BCUT2D eigenvalue weighted by Crippen LogP contribution is 2.40. The van der Waals surface area contributed by atoms with Crippen molar-refractivity contribution in [2.45, 2.75) is 13.5 Å².